The Labute approximate surface area is 84.2 Å². The number of esters is 1. The molecule has 0 aromatic heterocycles. The van der Waals surface area contributed by atoms with Crippen LogP contribution in [0.3, 0.4) is 0 Å². The van der Waals surface area contributed by atoms with Gasteiger partial charge in [-0.1, -0.05) is 6.42 Å². The number of hydrogen-bond acceptors (Lipinski definition) is 3. The molecule has 4 nitrogen and oxygen atoms in total. The quantitative estimate of drug-likeness (QED) is 0.499. The van der Waals surface area contributed by atoms with E-state index in [1.165, 1.54) is 7.11 Å². The standard InChI is InChI=1S/C10H17NO3/c1-4-11(2)8(12)10(6-5-7-10)9(13)14-3/h4-7H2,1-3H3. The SMILES string of the molecule is CCN(C)C(=O)C1(C(=O)OC)CCC1. The summed E-state index contributed by atoms with van der Waals surface area (Å²) in [6, 6.07) is 0. The van der Waals surface area contributed by atoms with Gasteiger partial charge in [0.15, 0.2) is 0 Å². The minimum absolute atomic E-state index is 0.0990. The second-order valence-electron chi connectivity index (χ2n) is 3.75. The smallest absolute Gasteiger partial charge is 0.321 e. The summed E-state index contributed by atoms with van der Waals surface area (Å²) in [5, 5.41) is 0. The van der Waals surface area contributed by atoms with Crippen LogP contribution >= 0.6 is 0 Å². The van der Waals surface area contributed by atoms with Crippen molar-refractivity contribution in [2.75, 3.05) is 20.7 Å². The number of carbonyl (C=O) groups excluding carboxylic acids is 2. The van der Waals surface area contributed by atoms with Crippen LogP contribution in [-0.2, 0) is 14.3 Å². The summed E-state index contributed by atoms with van der Waals surface area (Å²) >= 11 is 0. The van der Waals surface area contributed by atoms with E-state index in [1.807, 2.05) is 6.92 Å². The topological polar surface area (TPSA) is 46.6 Å². The van der Waals surface area contributed by atoms with Gasteiger partial charge in [0.25, 0.3) is 0 Å². The molecule has 14 heavy (non-hydrogen) atoms. The predicted octanol–water partition coefficient (Wildman–Crippen LogP) is 0.808. The van der Waals surface area contributed by atoms with Crippen LogP contribution in [0.1, 0.15) is 26.2 Å². The maximum Gasteiger partial charge on any atom is 0.321 e. The van der Waals surface area contributed by atoms with Crippen molar-refractivity contribution in [1.29, 1.82) is 0 Å². The molecule has 0 aromatic rings. The molecule has 1 aliphatic rings. The molecule has 4 heteroatoms. The van der Waals surface area contributed by atoms with Crippen LogP contribution in [0.4, 0.5) is 0 Å². The van der Waals surface area contributed by atoms with Crippen LogP contribution in [0.15, 0.2) is 0 Å². The minimum atomic E-state index is -0.862. The van der Waals surface area contributed by atoms with E-state index >= 15 is 0 Å². The Hall–Kier alpha value is -1.06. The molecule has 80 valence electrons. The van der Waals surface area contributed by atoms with Gasteiger partial charge in [0, 0.05) is 13.6 Å². The summed E-state index contributed by atoms with van der Waals surface area (Å²) < 4.78 is 4.69. The fourth-order valence-electron chi connectivity index (χ4n) is 1.74. The lowest BCUT2D eigenvalue weighted by molar-refractivity contribution is -0.169. The Kier molecular flexibility index (Phi) is 3.13. The summed E-state index contributed by atoms with van der Waals surface area (Å²) in [4.78, 5) is 25.0. The largest absolute Gasteiger partial charge is 0.468 e. The first-order chi connectivity index (χ1) is 6.58. The highest BCUT2D eigenvalue weighted by molar-refractivity contribution is 6.03. The van der Waals surface area contributed by atoms with Gasteiger partial charge in [-0.05, 0) is 19.8 Å². The van der Waals surface area contributed by atoms with Crippen molar-refractivity contribution in [3.05, 3.63) is 0 Å². The highest BCUT2D eigenvalue weighted by Gasteiger charge is 2.52. The molecule has 0 saturated heterocycles. The number of amides is 1. The summed E-state index contributed by atoms with van der Waals surface area (Å²) in [6.45, 7) is 2.51. The second kappa shape index (κ2) is 3.98. The first-order valence-corrected chi connectivity index (χ1v) is 4.92. The lowest BCUT2D eigenvalue weighted by atomic mass is 9.67. The third-order valence-corrected chi connectivity index (χ3v) is 3.01. The molecule has 0 spiro atoms. The molecule has 0 radical (unpaired) electrons. The molecule has 1 amide bonds. The number of hydrogen-bond donors (Lipinski definition) is 0. The van der Waals surface area contributed by atoms with E-state index in [9.17, 15) is 9.59 Å². The molecule has 0 heterocycles. The van der Waals surface area contributed by atoms with Crippen LogP contribution in [0.2, 0.25) is 0 Å². The van der Waals surface area contributed by atoms with Crippen molar-refractivity contribution in [2.45, 2.75) is 26.2 Å². The van der Waals surface area contributed by atoms with Crippen LogP contribution in [0.25, 0.3) is 0 Å². The molecule has 0 unspecified atom stereocenters. The number of carbonyl (C=O) groups is 2. The summed E-state index contributed by atoms with van der Waals surface area (Å²) in [6.07, 6.45) is 2.18. The molecule has 1 fully saturated rings. The van der Waals surface area contributed by atoms with Crippen molar-refractivity contribution in [3.8, 4) is 0 Å². The Morgan fingerprint density at radius 2 is 2.00 bits per heavy atom. The molecule has 0 aliphatic heterocycles. The molecular weight excluding hydrogens is 182 g/mol. The van der Waals surface area contributed by atoms with Crippen molar-refractivity contribution >= 4 is 11.9 Å². The maximum absolute atomic E-state index is 11.9. The fraction of sp³-hybridized carbons (Fsp3) is 0.800. The second-order valence-corrected chi connectivity index (χ2v) is 3.75. The number of ether oxygens (including phenoxy) is 1. The molecule has 0 atom stereocenters. The Morgan fingerprint density at radius 3 is 2.29 bits per heavy atom. The fourth-order valence-corrected chi connectivity index (χ4v) is 1.74. The van der Waals surface area contributed by atoms with Crippen molar-refractivity contribution < 1.29 is 14.3 Å². The Balaban J connectivity index is 2.80. The van der Waals surface area contributed by atoms with Gasteiger partial charge in [-0.3, -0.25) is 9.59 Å². The zero-order valence-electron chi connectivity index (χ0n) is 9.00. The zero-order chi connectivity index (χ0) is 10.8. The Bertz CT molecular complexity index is 246. The van der Waals surface area contributed by atoms with Gasteiger partial charge in [0.05, 0.1) is 7.11 Å². The lowest BCUT2D eigenvalue weighted by Crippen LogP contribution is -2.52. The molecule has 1 rings (SSSR count). The third-order valence-electron chi connectivity index (χ3n) is 3.01. The first kappa shape index (κ1) is 11.0. The van der Waals surface area contributed by atoms with Gasteiger partial charge >= 0.3 is 5.97 Å². The minimum Gasteiger partial charge on any atom is -0.468 e. The number of nitrogens with zero attached hydrogens (tertiary/aromatic N) is 1. The molecule has 1 saturated carbocycles. The molecular formula is C10H17NO3. The summed E-state index contributed by atoms with van der Waals surface area (Å²) in [5.74, 6) is -0.479. The summed E-state index contributed by atoms with van der Waals surface area (Å²) in [5.41, 5.74) is -0.862. The lowest BCUT2D eigenvalue weighted by Gasteiger charge is -2.39. The van der Waals surface area contributed by atoms with E-state index in [1.54, 1.807) is 11.9 Å². The van der Waals surface area contributed by atoms with E-state index in [-0.39, 0.29) is 11.9 Å². The van der Waals surface area contributed by atoms with Gasteiger partial charge < -0.3 is 9.64 Å². The van der Waals surface area contributed by atoms with Crippen molar-refractivity contribution in [1.82, 2.24) is 4.90 Å². The molecule has 0 N–H and O–H groups in total. The Morgan fingerprint density at radius 1 is 1.43 bits per heavy atom. The van der Waals surface area contributed by atoms with E-state index in [2.05, 4.69) is 4.74 Å². The van der Waals surface area contributed by atoms with Gasteiger partial charge in [-0.15, -0.1) is 0 Å². The molecule has 1 aliphatic carbocycles. The first-order valence-electron chi connectivity index (χ1n) is 4.92. The van der Waals surface area contributed by atoms with E-state index in [0.717, 1.165) is 6.42 Å². The highest BCUT2D eigenvalue weighted by Crippen LogP contribution is 2.43. The third kappa shape index (κ3) is 1.49. The van der Waals surface area contributed by atoms with E-state index in [0.29, 0.717) is 19.4 Å². The predicted molar refractivity (Wildman–Crippen MR) is 51.6 cm³/mol. The normalized spacial score (nSPS) is 18.2. The van der Waals surface area contributed by atoms with Crippen molar-refractivity contribution in [2.24, 2.45) is 5.41 Å². The van der Waals surface area contributed by atoms with Crippen LogP contribution in [-0.4, -0.2) is 37.5 Å². The molecule has 0 aromatic carbocycles. The zero-order valence-corrected chi connectivity index (χ0v) is 9.00. The van der Waals surface area contributed by atoms with Crippen LogP contribution in [0, 0.1) is 5.41 Å². The monoisotopic (exact) mass is 199 g/mol. The van der Waals surface area contributed by atoms with Gasteiger partial charge in [-0.25, -0.2) is 0 Å². The van der Waals surface area contributed by atoms with Crippen molar-refractivity contribution in [3.63, 3.8) is 0 Å². The van der Waals surface area contributed by atoms with Crippen LogP contribution in [0.5, 0.6) is 0 Å². The average Bonchev–Trinajstić information content (AvgIpc) is 2.14. The van der Waals surface area contributed by atoms with Gasteiger partial charge in [0.1, 0.15) is 5.41 Å². The van der Waals surface area contributed by atoms with Crippen LogP contribution < -0.4 is 0 Å². The number of rotatable bonds is 3. The average molecular weight is 199 g/mol. The van der Waals surface area contributed by atoms with Gasteiger partial charge in [0.2, 0.25) is 5.91 Å². The molecule has 0 bridgehead atoms. The number of methoxy groups -OCH3 is 1. The summed E-state index contributed by atoms with van der Waals surface area (Å²) in [7, 11) is 3.05. The van der Waals surface area contributed by atoms with Gasteiger partial charge in [-0.2, -0.15) is 0 Å². The maximum atomic E-state index is 11.9. The highest BCUT2D eigenvalue weighted by atomic mass is 16.5. The van der Waals surface area contributed by atoms with E-state index < -0.39 is 5.41 Å². The van der Waals surface area contributed by atoms with E-state index in [4.69, 9.17) is 0 Å².